The fourth-order valence-electron chi connectivity index (χ4n) is 3.99. The zero-order chi connectivity index (χ0) is 18.6. The number of carbonyl (C=O) groups excluding carboxylic acids is 1. The van der Waals surface area contributed by atoms with Gasteiger partial charge in [-0.25, -0.2) is 4.98 Å². The first-order chi connectivity index (χ1) is 13.2. The number of methoxy groups -OCH3 is 1. The highest BCUT2D eigenvalue weighted by Gasteiger charge is 2.29. The number of carbonyl (C=O) groups is 1. The van der Waals surface area contributed by atoms with Gasteiger partial charge >= 0.3 is 0 Å². The van der Waals surface area contributed by atoms with Gasteiger partial charge in [-0.05, 0) is 56.2 Å². The van der Waals surface area contributed by atoms with Crippen molar-refractivity contribution in [3.63, 3.8) is 0 Å². The molecule has 2 aliphatic rings. The molecule has 5 heteroatoms. The van der Waals surface area contributed by atoms with Crippen molar-refractivity contribution in [2.75, 3.05) is 13.7 Å². The minimum Gasteiger partial charge on any atom is -0.494 e. The van der Waals surface area contributed by atoms with Crippen molar-refractivity contribution in [1.82, 2.24) is 10.3 Å². The van der Waals surface area contributed by atoms with Crippen molar-refractivity contribution >= 4 is 27.3 Å². The lowest BCUT2D eigenvalue weighted by Crippen LogP contribution is -2.36. The third-order valence-electron chi connectivity index (χ3n) is 5.58. The van der Waals surface area contributed by atoms with E-state index in [2.05, 4.69) is 28.5 Å². The third kappa shape index (κ3) is 4.14. The summed E-state index contributed by atoms with van der Waals surface area (Å²) in [5.41, 5.74) is 2.19. The van der Waals surface area contributed by atoms with E-state index in [1.807, 2.05) is 18.2 Å². The molecule has 0 atom stereocenters. The number of ketones is 1. The highest BCUT2D eigenvalue weighted by atomic mass is 32.1. The number of hydrogen-bond acceptors (Lipinski definition) is 5. The summed E-state index contributed by atoms with van der Waals surface area (Å²) in [5, 5.41) is 4.29. The van der Waals surface area contributed by atoms with E-state index in [1.54, 1.807) is 7.11 Å². The van der Waals surface area contributed by atoms with Gasteiger partial charge in [0.05, 0.1) is 11.8 Å². The number of allylic oxidation sites excluding steroid dienone is 2. The number of ether oxygens (including phenoxy) is 1. The monoisotopic (exact) mass is 382 g/mol. The van der Waals surface area contributed by atoms with Gasteiger partial charge in [-0.3, -0.25) is 4.79 Å². The van der Waals surface area contributed by atoms with Crippen molar-refractivity contribution in [2.24, 2.45) is 5.92 Å². The summed E-state index contributed by atoms with van der Waals surface area (Å²) < 4.78 is 6.39. The van der Waals surface area contributed by atoms with Crippen LogP contribution in [-0.2, 0) is 0 Å². The van der Waals surface area contributed by atoms with Crippen LogP contribution in [0.1, 0.15) is 48.3 Å². The predicted octanol–water partition coefficient (Wildman–Crippen LogP) is 4.91. The second kappa shape index (κ2) is 8.36. The molecule has 0 saturated heterocycles. The fraction of sp³-hybridized carbons (Fsp3) is 0.455. The summed E-state index contributed by atoms with van der Waals surface area (Å²) in [5.74, 6) is 1.04. The van der Waals surface area contributed by atoms with Crippen molar-refractivity contribution < 1.29 is 9.53 Å². The van der Waals surface area contributed by atoms with Gasteiger partial charge in [0.2, 0.25) is 0 Å². The Balaban J connectivity index is 1.34. The van der Waals surface area contributed by atoms with Crippen LogP contribution in [0.25, 0.3) is 10.2 Å². The lowest BCUT2D eigenvalue weighted by Gasteiger charge is -2.28. The van der Waals surface area contributed by atoms with Gasteiger partial charge in [0.25, 0.3) is 0 Å². The minimum atomic E-state index is 0.100. The second-order valence-corrected chi connectivity index (χ2v) is 8.41. The van der Waals surface area contributed by atoms with E-state index in [0.717, 1.165) is 61.0 Å². The molecule has 0 radical (unpaired) electrons. The summed E-state index contributed by atoms with van der Waals surface area (Å²) >= 11 is 1.49. The molecule has 4 rings (SSSR count). The van der Waals surface area contributed by atoms with Crippen LogP contribution in [0.5, 0.6) is 5.75 Å². The smallest absolute Gasteiger partial charge is 0.194 e. The van der Waals surface area contributed by atoms with Gasteiger partial charge in [-0.1, -0.05) is 24.3 Å². The van der Waals surface area contributed by atoms with E-state index < -0.39 is 0 Å². The molecule has 0 spiro atoms. The molecule has 1 heterocycles. The zero-order valence-corrected chi connectivity index (χ0v) is 16.6. The molecule has 142 valence electrons. The fourth-order valence-corrected chi connectivity index (χ4v) is 4.99. The normalized spacial score (nSPS) is 22.6. The largest absolute Gasteiger partial charge is 0.494 e. The van der Waals surface area contributed by atoms with Gasteiger partial charge in [0.1, 0.15) is 11.3 Å². The highest BCUT2D eigenvalue weighted by Crippen LogP contribution is 2.33. The van der Waals surface area contributed by atoms with Crippen LogP contribution < -0.4 is 10.1 Å². The Morgan fingerprint density at radius 2 is 2.11 bits per heavy atom. The molecular weight excluding hydrogens is 356 g/mol. The molecule has 1 fully saturated rings. The Labute approximate surface area is 164 Å². The lowest BCUT2D eigenvalue weighted by molar-refractivity contribution is 0.0880. The standard InChI is InChI=1S/C22H26N2O2S/c1-26-18-8-5-9-19-20(18)24-22(27-19)21(25)16-10-12-17(13-11-16)23-14-15-6-3-2-4-7-15/h3,5-9,16-17,23H,2,4,10-14H2,1H3. The Morgan fingerprint density at radius 1 is 1.26 bits per heavy atom. The molecule has 0 unspecified atom stereocenters. The summed E-state index contributed by atoms with van der Waals surface area (Å²) in [6.45, 7) is 0.942. The first-order valence-electron chi connectivity index (χ1n) is 9.81. The maximum Gasteiger partial charge on any atom is 0.194 e. The zero-order valence-electron chi connectivity index (χ0n) is 15.7. The number of thiazole rings is 1. The predicted molar refractivity (Wildman–Crippen MR) is 111 cm³/mol. The number of hydrogen-bond donors (Lipinski definition) is 1. The number of benzene rings is 1. The topological polar surface area (TPSA) is 51.2 Å². The molecule has 0 amide bonds. The second-order valence-electron chi connectivity index (χ2n) is 7.38. The molecule has 1 saturated carbocycles. The Hall–Kier alpha value is -1.98. The van der Waals surface area contributed by atoms with Crippen LogP contribution in [0.15, 0.2) is 42.0 Å². The van der Waals surface area contributed by atoms with Crippen molar-refractivity contribution in [3.05, 3.63) is 47.0 Å². The summed E-state index contributed by atoms with van der Waals surface area (Å²) in [6.07, 6.45) is 13.1. The summed E-state index contributed by atoms with van der Waals surface area (Å²) in [4.78, 5) is 17.5. The molecule has 2 aliphatic carbocycles. The number of aromatic nitrogens is 1. The first-order valence-corrected chi connectivity index (χ1v) is 10.6. The lowest BCUT2D eigenvalue weighted by atomic mass is 9.83. The molecule has 1 N–H and O–H groups in total. The Morgan fingerprint density at radius 3 is 2.85 bits per heavy atom. The number of nitrogens with zero attached hydrogens (tertiary/aromatic N) is 1. The number of rotatable bonds is 6. The van der Waals surface area contributed by atoms with Crippen LogP contribution >= 0.6 is 11.3 Å². The quantitative estimate of drug-likeness (QED) is 0.721. The van der Waals surface area contributed by atoms with E-state index in [0.29, 0.717) is 11.0 Å². The third-order valence-corrected chi connectivity index (χ3v) is 6.61. The maximum atomic E-state index is 12.9. The van der Waals surface area contributed by atoms with Crippen LogP contribution in [-0.4, -0.2) is 30.5 Å². The molecule has 0 aliphatic heterocycles. The maximum absolute atomic E-state index is 12.9. The van der Waals surface area contributed by atoms with E-state index in [9.17, 15) is 4.79 Å². The van der Waals surface area contributed by atoms with Crippen molar-refractivity contribution in [3.8, 4) is 5.75 Å². The molecule has 27 heavy (non-hydrogen) atoms. The van der Waals surface area contributed by atoms with Crippen LogP contribution in [0.2, 0.25) is 0 Å². The van der Waals surface area contributed by atoms with Gasteiger partial charge in [0, 0.05) is 18.5 Å². The highest BCUT2D eigenvalue weighted by molar-refractivity contribution is 7.20. The van der Waals surface area contributed by atoms with E-state index >= 15 is 0 Å². The molecule has 2 aromatic rings. The van der Waals surface area contributed by atoms with Crippen LogP contribution in [0.4, 0.5) is 0 Å². The van der Waals surface area contributed by atoms with Gasteiger partial charge in [-0.2, -0.15) is 0 Å². The number of nitrogens with one attached hydrogen (secondary N) is 1. The molecule has 1 aromatic carbocycles. The van der Waals surface area contributed by atoms with E-state index in [1.165, 1.54) is 16.9 Å². The summed E-state index contributed by atoms with van der Waals surface area (Å²) in [7, 11) is 1.64. The molecule has 4 nitrogen and oxygen atoms in total. The van der Waals surface area contributed by atoms with Crippen LogP contribution in [0, 0.1) is 5.92 Å². The number of para-hydroxylation sites is 1. The number of Topliss-reactive ketones (excluding diaryl/α,β-unsaturated/α-hetero) is 1. The first kappa shape index (κ1) is 18.4. The van der Waals surface area contributed by atoms with E-state index in [4.69, 9.17) is 4.74 Å². The minimum absolute atomic E-state index is 0.100. The summed E-state index contributed by atoms with van der Waals surface area (Å²) in [6, 6.07) is 6.35. The Kier molecular flexibility index (Phi) is 5.69. The molecular formula is C22H26N2O2S. The van der Waals surface area contributed by atoms with Crippen LogP contribution in [0.3, 0.4) is 0 Å². The van der Waals surface area contributed by atoms with Gasteiger partial charge < -0.3 is 10.1 Å². The van der Waals surface area contributed by atoms with E-state index in [-0.39, 0.29) is 11.7 Å². The molecule has 1 aromatic heterocycles. The average molecular weight is 383 g/mol. The Bertz CT molecular complexity index is 876. The van der Waals surface area contributed by atoms with Gasteiger partial charge in [-0.15, -0.1) is 11.3 Å². The average Bonchev–Trinajstić information content (AvgIpc) is 3.17. The SMILES string of the molecule is COc1cccc2sc(C(=O)C3CCC(NCC4=CCCC=C4)CC3)nc12. The van der Waals surface area contributed by atoms with Crippen molar-refractivity contribution in [2.45, 2.75) is 44.6 Å². The number of fused-ring (bicyclic) bond motifs is 1. The van der Waals surface area contributed by atoms with Crippen molar-refractivity contribution in [1.29, 1.82) is 0 Å². The van der Waals surface area contributed by atoms with Gasteiger partial charge in [0.15, 0.2) is 10.8 Å². The molecule has 0 bridgehead atoms.